The fraction of sp³-hybridized carbons (Fsp3) is 0.429. The number of ether oxygens (including phenoxy) is 1. The van der Waals surface area contributed by atoms with E-state index in [0.29, 0.717) is 32.1 Å². The summed E-state index contributed by atoms with van der Waals surface area (Å²) in [7, 11) is -3.21. The van der Waals surface area contributed by atoms with Crippen LogP contribution in [-0.4, -0.2) is 36.5 Å². The van der Waals surface area contributed by atoms with Crippen molar-refractivity contribution in [2.45, 2.75) is 63.9 Å². The Labute approximate surface area is 219 Å². The summed E-state index contributed by atoms with van der Waals surface area (Å²) < 4.78 is 31.4. The predicted molar refractivity (Wildman–Crippen MR) is 146 cm³/mol. The minimum atomic E-state index is -3.21. The zero-order valence-corrected chi connectivity index (χ0v) is 22.6. The number of benzene rings is 2. The number of carbonyl (C=O) groups is 1. The van der Waals surface area contributed by atoms with Crippen LogP contribution in [0.25, 0.3) is 0 Å². The molecule has 0 fully saturated rings. The van der Waals surface area contributed by atoms with Crippen LogP contribution in [0.4, 0.5) is 4.79 Å². The standard InChI is InChI=1S/C28H36N2O4S2/c1-3-22(2)36(32,33)20-25(16-23-10-6-4-7-11-23)14-15-26(17-24-12-8-5-9-13-24)30-28(31)34-19-27-18-29-21-35-27/h4-13,18,21-22,25-26H,3,14-17,19-20H2,1-2H3,(H,30,31)/t22?,25-,26-/m1/s1. The van der Waals surface area contributed by atoms with Crippen molar-refractivity contribution in [3.63, 3.8) is 0 Å². The number of alkyl carbamates (subject to hydrolysis) is 1. The van der Waals surface area contributed by atoms with Gasteiger partial charge in [0.25, 0.3) is 0 Å². The van der Waals surface area contributed by atoms with Crippen LogP contribution in [0.2, 0.25) is 0 Å². The Balaban J connectivity index is 1.69. The molecule has 0 radical (unpaired) electrons. The van der Waals surface area contributed by atoms with Gasteiger partial charge in [-0.3, -0.25) is 4.98 Å². The summed E-state index contributed by atoms with van der Waals surface area (Å²) in [5.41, 5.74) is 3.94. The van der Waals surface area contributed by atoms with E-state index in [9.17, 15) is 13.2 Å². The third kappa shape index (κ3) is 9.39. The highest BCUT2D eigenvalue weighted by atomic mass is 32.2. The highest BCUT2D eigenvalue weighted by molar-refractivity contribution is 7.92. The zero-order valence-electron chi connectivity index (χ0n) is 21.0. The summed E-state index contributed by atoms with van der Waals surface area (Å²) in [6.45, 7) is 3.87. The van der Waals surface area contributed by atoms with E-state index in [4.69, 9.17) is 4.74 Å². The highest BCUT2D eigenvalue weighted by Crippen LogP contribution is 2.22. The van der Waals surface area contributed by atoms with E-state index >= 15 is 0 Å². The average Bonchev–Trinajstić information content (AvgIpc) is 3.40. The first kappa shape index (κ1) is 27.9. The summed E-state index contributed by atoms with van der Waals surface area (Å²) in [6.07, 6.45) is 4.47. The molecule has 0 saturated heterocycles. The van der Waals surface area contributed by atoms with Gasteiger partial charge in [-0.1, -0.05) is 67.6 Å². The summed E-state index contributed by atoms with van der Waals surface area (Å²) in [6, 6.07) is 19.8. The zero-order chi connectivity index (χ0) is 25.8. The lowest BCUT2D eigenvalue weighted by Crippen LogP contribution is -2.37. The Bertz CT molecular complexity index is 1140. The molecule has 3 rings (SSSR count). The highest BCUT2D eigenvalue weighted by Gasteiger charge is 2.26. The second-order valence-corrected chi connectivity index (χ2v) is 12.7. The topological polar surface area (TPSA) is 85.4 Å². The molecule has 1 amide bonds. The van der Waals surface area contributed by atoms with Crippen LogP contribution in [0.5, 0.6) is 0 Å². The Morgan fingerprint density at radius 2 is 1.64 bits per heavy atom. The number of sulfone groups is 1. The van der Waals surface area contributed by atoms with Crippen molar-refractivity contribution in [2.75, 3.05) is 5.75 Å². The van der Waals surface area contributed by atoms with E-state index < -0.39 is 15.9 Å². The minimum absolute atomic E-state index is 0.0420. The molecule has 3 atom stereocenters. The summed E-state index contributed by atoms with van der Waals surface area (Å²) in [4.78, 5) is 17.5. The maximum atomic E-state index is 13.0. The molecule has 2 aromatic carbocycles. The molecule has 0 bridgehead atoms. The van der Waals surface area contributed by atoms with E-state index in [0.717, 1.165) is 16.0 Å². The van der Waals surface area contributed by atoms with E-state index in [2.05, 4.69) is 10.3 Å². The van der Waals surface area contributed by atoms with Crippen molar-refractivity contribution in [1.82, 2.24) is 10.3 Å². The van der Waals surface area contributed by atoms with Gasteiger partial charge in [0.2, 0.25) is 0 Å². The number of nitrogens with one attached hydrogen (secondary N) is 1. The van der Waals surface area contributed by atoms with Crippen molar-refractivity contribution < 1.29 is 17.9 Å². The van der Waals surface area contributed by atoms with Crippen molar-refractivity contribution in [3.05, 3.63) is 88.4 Å². The number of aromatic nitrogens is 1. The predicted octanol–water partition coefficient (Wildman–Crippen LogP) is 5.83. The van der Waals surface area contributed by atoms with Crippen LogP contribution in [0.15, 0.2) is 72.4 Å². The van der Waals surface area contributed by atoms with Crippen molar-refractivity contribution >= 4 is 27.3 Å². The summed E-state index contributed by atoms with van der Waals surface area (Å²) in [5, 5.41) is 2.65. The maximum absolute atomic E-state index is 13.0. The van der Waals surface area contributed by atoms with Crippen molar-refractivity contribution in [2.24, 2.45) is 5.92 Å². The Morgan fingerprint density at radius 3 is 2.22 bits per heavy atom. The molecule has 0 saturated carbocycles. The second kappa shape index (κ2) is 14.1. The Morgan fingerprint density at radius 1 is 1.00 bits per heavy atom. The molecule has 0 aliphatic rings. The smallest absolute Gasteiger partial charge is 0.407 e. The van der Waals surface area contributed by atoms with E-state index in [-0.39, 0.29) is 29.6 Å². The second-order valence-electron chi connectivity index (χ2n) is 9.26. The fourth-order valence-corrected chi connectivity index (χ4v) is 6.44. The number of hydrogen-bond donors (Lipinski definition) is 1. The molecule has 194 valence electrons. The summed E-state index contributed by atoms with van der Waals surface area (Å²) in [5.74, 6) is 0.102. The third-order valence-corrected chi connectivity index (χ3v) is 9.67. The molecular formula is C28H36N2O4S2. The molecule has 0 aliphatic heterocycles. The van der Waals surface area contributed by atoms with Gasteiger partial charge in [0, 0.05) is 12.2 Å². The number of hydrogen-bond acceptors (Lipinski definition) is 6. The van der Waals surface area contributed by atoms with E-state index in [1.54, 1.807) is 18.6 Å². The normalized spacial score (nSPS) is 14.1. The molecular weight excluding hydrogens is 492 g/mol. The molecule has 6 nitrogen and oxygen atoms in total. The quantitative estimate of drug-likeness (QED) is 0.284. The number of rotatable bonds is 14. The third-order valence-electron chi connectivity index (χ3n) is 6.42. The molecule has 0 aliphatic carbocycles. The molecule has 8 heteroatoms. The van der Waals surface area contributed by atoms with Gasteiger partial charge < -0.3 is 10.1 Å². The van der Waals surface area contributed by atoms with Gasteiger partial charge in [-0.2, -0.15) is 0 Å². The molecule has 1 N–H and O–H groups in total. The van der Waals surface area contributed by atoms with Gasteiger partial charge >= 0.3 is 6.09 Å². The minimum Gasteiger partial charge on any atom is -0.444 e. The van der Waals surface area contributed by atoms with Crippen LogP contribution in [0.1, 0.15) is 49.1 Å². The van der Waals surface area contributed by atoms with Gasteiger partial charge in [0.05, 0.1) is 21.4 Å². The Kier molecular flexibility index (Phi) is 10.9. The van der Waals surface area contributed by atoms with E-state index in [1.807, 2.05) is 67.6 Å². The molecule has 1 heterocycles. The van der Waals surface area contributed by atoms with Crippen molar-refractivity contribution in [3.8, 4) is 0 Å². The molecule has 1 aromatic heterocycles. The van der Waals surface area contributed by atoms with Crippen LogP contribution < -0.4 is 5.32 Å². The van der Waals surface area contributed by atoms with Gasteiger partial charge in [-0.25, -0.2) is 13.2 Å². The van der Waals surface area contributed by atoms with Crippen LogP contribution in [0.3, 0.4) is 0 Å². The lowest BCUT2D eigenvalue weighted by Gasteiger charge is -2.24. The first-order valence-corrected chi connectivity index (χ1v) is 15.0. The monoisotopic (exact) mass is 528 g/mol. The first-order chi connectivity index (χ1) is 17.4. The SMILES string of the molecule is CCC(C)S(=O)(=O)C[C@H](CC[C@H](Cc1ccccc1)NC(=O)OCc1cncs1)Cc1ccccc1. The number of amides is 1. The van der Waals surface area contributed by atoms with Gasteiger partial charge in [0.15, 0.2) is 9.84 Å². The molecule has 3 aromatic rings. The largest absolute Gasteiger partial charge is 0.444 e. The van der Waals surface area contributed by atoms with Crippen molar-refractivity contribution in [1.29, 1.82) is 0 Å². The maximum Gasteiger partial charge on any atom is 0.407 e. The lowest BCUT2D eigenvalue weighted by molar-refractivity contribution is 0.135. The van der Waals surface area contributed by atoms with Crippen LogP contribution in [0, 0.1) is 5.92 Å². The number of carbonyl (C=O) groups excluding carboxylic acids is 1. The van der Waals surface area contributed by atoms with Crippen LogP contribution >= 0.6 is 11.3 Å². The van der Waals surface area contributed by atoms with Crippen LogP contribution in [-0.2, 0) is 34.0 Å². The van der Waals surface area contributed by atoms with Gasteiger partial charge in [-0.05, 0) is 56.1 Å². The Hall–Kier alpha value is -2.71. The average molecular weight is 529 g/mol. The first-order valence-electron chi connectivity index (χ1n) is 12.5. The molecule has 1 unspecified atom stereocenters. The van der Waals surface area contributed by atoms with Gasteiger partial charge in [0.1, 0.15) is 6.61 Å². The number of thiazole rings is 1. The molecule has 0 spiro atoms. The summed E-state index contributed by atoms with van der Waals surface area (Å²) >= 11 is 1.44. The van der Waals surface area contributed by atoms with Gasteiger partial charge in [-0.15, -0.1) is 11.3 Å². The molecule has 36 heavy (non-hydrogen) atoms. The lowest BCUT2D eigenvalue weighted by atomic mass is 9.92. The number of nitrogens with zero attached hydrogens (tertiary/aromatic N) is 1. The van der Waals surface area contributed by atoms with E-state index in [1.165, 1.54) is 11.3 Å². The fourth-order valence-electron chi connectivity index (χ4n) is 4.16.